The van der Waals surface area contributed by atoms with E-state index < -0.39 is 0 Å². The van der Waals surface area contributed by atoms with E-state index >= 15 is 0 Å². The van der Waals surface area contributed by atoms with Crippen LogP contribution in [0.3, 0.4) is 0 Å². The van der Waals surface area contributed by atoms with Crippen LogP contribution in [-0.4, -0.2) is 49.6 Å². The summed E-state index contributed by atoms with van der Waals surface area (Å²) in [6, 6.07) is 5.44. The number of amides is 3. The fourth-order valence-corrected chi connectivity index (χ4v) is 3.53. The highest BCUT2D eigenvalue weighted by molar-refractivity contribution is 5.89. The second kappa shape index (κ2) is 9.73. The summed E-state index contributed by atoms with van der Waals surface area (Å²) in [5, 5.41) is 8.68. The summed E-state index contributed by atoms with van der Waals surface area (Å²) in [5.41, 5.74) is 0.423. The zero-order valence-corrected chi connectivity index (χ0v) is 15.5. The van der Waals surface area contributed by atoms with Crippen LogP contribution >= 0.6 is 12.4 Å². The third-order valence-corrected chi connectivity index (χ3v) is 4.87. The van der Waals surface area contributed by atoms with E-state index in [9.17, 15) is 14.0 Å². The maximum Gasteiger partial charge on any atom is 0.319 e. The summed E-state index contributed by atoms with van der Waals surface area (Å²) in [7, 11) is 0. The molecule has 0 aromatic heterocycles. The maximum absolute atomic E-state index is 13.1. The van der Waals surface area contributed by atoms with E-state index in [2.05, 4.69) is 16.0 Å². The predicted octanol–water partition coefficient (Wildman–Crippen LogP) is 2.22. The van der Waals surface area contributed by atoms with Gasteiger partial charge in [-0.15, -0.1) is 12.4 Å². The molecule has 0 bridgehead atoms. The normalized spacial score (nSPS) is 22.4. The number of likely N-dealkylation sites (tertiary alicyclic amines) is 1. The summed E-state index contributed by atoms with van der Waals surface area (Å²) in [4.78, 5) is 26.4. The number of carbonyl (C=O) groups excluding carboxylic acids is 2. The van der Waals surface area contributed by atoms with Crippen molar-refractivity contribution in [2.24, 2.45) is 11.8 Å². The topological polar surface area (TPSA) is 73.5 Å². The van der Waals surface area contributed by atoms with Gasteiger partial charge in [0.1, 0.15) is 5.82 Å². The standard InChI is InChI=1S/C18H25FN4O2.ClH/c19-15-4-1-5-16(9-15)22-18(25)21-10-13-3-2-8-23(12-13)17(24)14-6-7-20-11-14;/h1,4-5,9,13-14,20H,2-3,6-8,10-12H2,(H2,21,22,25);1H. The number of nitrogens with one attached hydrogen (secondary N) is 3. The minimum absolute atomic E-state index is 0. The molecule has 0 spiro atoms. The molecule has 26 heavy (non-hydrogen) atoms. The Morgan fingerprint density at radius 1 is 1.31 bits per heavy atom. The van der Waals surface area contributed by atoms with E-state index in [1.54, 1.807) is 12.1 Å². The van der Waals surface area contributed by atoms with Gasteiger partial charge in [-0.2, -0.15) is 0 Å². The largest absolute Gasteiger partial charge is 0.342 e. The molecule has 0 aliphatic carbocycles. The SMILES string of the molecule is Cl.O=C(NCC1CCCN(C(=O)C2CCNC2)C1)Nc1cccc(F)c1. The average molecular weight is 385 g/mol. The molecule has 3 N–H and O–H groups in total. The van der Waals surface area contributed by atoms with Gasteiger partial charge in [0, 0.05) is 31.9 Å². The van der Waals surface area contributed by atoms with Crippen molar-refractivity contribution in [1.29, 1.82) is 0 Å². The third-order valence-electron chi connectivity index (χ3n) is 4.87. The molecule has 2 saturated heterocycles. The first kappa shape index (κ1) is 20.5. The minimum atomic E-state index is -0.388. The van der Waals surface area contributed by atoms with Gasteiger partial charge < -0.3 is 20.9 Å². The van der Waals surface area contributed by atoms with Gasteiger partial charge in [-0.05, 0) is 49.9 Å². The number of anilines is 1. The molecule has 2 unspecified atom stereocenters. The first-order chi connectivity index (χ1) is 12.1. The van der Waals surface area contributed by atoms with E-state index in [4.69, 9.17) is 0 Å². The van der Waals surface area contributed by atoms with E-state index in [0.717, 1.165) is 38.9 Å². The fourth-order valence-electron chi connectivity index (χ4n) is 3.53. The van der Waals surface area contributed by atoms with E-state index in [1.165, 1.54) is 12.1 Å². The number of benzene rings is 1. The number of halogens is 2. The Labute approximate surface area is 159 Å². The second-order valence-electron chi connectivity index (χ2n) is 6.83. The van der Waals surface area contributed by atoms with Crippen LogP contribution in [0.25, 0.3) is 0 Å². The first-order valence-electron chi connectivity index (χ1n) is 8.92. The molecule has 2 aliphatic rings. The Balaban J connectivity index is 0.00000243. The quantitative estimate of drug-likeness (QED) is 0.745. The molecule has 1 aromatic carbocycles. The van der Waals surface area contributed by atoms with Crippen molar-refractivity contribution in [3.63, 3.8) is 0 Å². The van der Waals surface area contributed by atoms with Crippen molar-refractivity contribution in [2.75, 3.05) is 38.0 Å². The van der Waals surface area contributed by atoms with Crippen molar-refractivity contribution in [3.05, 3.63) is 30.1 Å². The minimum Gasteiger partial charge on any atom is -0.342 e. The van der Waals surface area contributed by atoms with Gasteiger partial charge in [-0.3, -0.25) is 4.79 Å². The van der Waals surface area contributed by atoms with Crippen LogP contribution < -0.4 is 16.0 Å². The molecule has 3 rings (SSSR count). The maximum atomic E-state index is 13.1. The molecule has 8 heteroatoms. The number of nitrogens with zero attached hydrogens (tertiary/aromatic N) is 1. The van der Waals surface area contributed by atoms with Crippen molar-refractivity contribution in [1.82, 2.24) is 15.5 Å². The lowest BCUT2D eigenvalue weighted by atomic mass is 9.96. The van der Waals surface area contributed by atoms with Crippen LogP contribution in [-0.2, 0) is 4.79 Å². The lowest BCUT2D eigenvalue weighted by molar-refractivity contribution is -0.136. The van der Waals surface area contributed by atoms with Gasteiger partial charge in [-0.1, -0.05) is 6.07 Å². The lowest BCUT2D eigenvalue weighted by Gasteiger charge is -2.34. The zero-order valence-electron chi connectivity index (χ0n) is 14.7. The first-order valence-corrected chi connectivity index (χ1v) is 8.92. The smallest absolute Gasteiger partial charge is 0.319 e. The Morgan fingerprint density at radius 2 is 2.15 bits per heavy atom. The predicted molar refractivity (Wildman–Crippen MR) is 101 cm³/mol. The van der Waals surface area contributed by atoms with E-state index in [-0.39, 0.29) is 42.0 Å². The van der Waals surface area contributed by atoms with Gasteiger partial charge in [0.15, 0.2) is 0 Å². The highest BCUT2D eigenvalue weighted by Gasteiger charge is 2.30. The zero-order chi connectivity index (χ0) is 17.6. The van der Waals surface area contributed by atoms with Crippen molar-refractivity contribution < 1.29 is 14.0 Å². The van der Waals surface area contributed by atoms with Crippen LogP contribution in [0.5, 0.6) is 0 Å². The second-order valence-corrected chi connectivity index (χ2v) is 6.83. The molecule has 0 radical (unpaired) electrons. The molecule has 0 saturated carbocycles. The van der Waals surface area contributed by atoms with Gasteiger partial charge in [0.2, 0.25) is 5.91 Å². The van der Waals surface area contributed by atoms with Gasteiger partial charge in [-0.25, -0.2) is 9.18 Å². The molecule has 2 atom stereocenters. The van der Waals surface area contributed by atoms with E-state index in [0.29, 0.717) is 18.8 Å². The van der Waals surface area contributed by atoms with Crippen molar-refractivity contribution >= 4 is 30.0 Å². The highest BCUT2D eigenvalue weighted by atomic mass is 35.5. The summed E-state index contributed by atoms with van der Waals surface area (Å²) in [5.74, 6) is 0.202. The number of piperidine rings is 1. The van der Waals surface area contributed by atoms with Crippen LogP contribution in [0.4, 0.5) is 14.9 Å². The Morgan fingerprint density at radius 3 is 2.88 bits per heavy atom. The number of carbonyl (C=O) groups is 2. The molecule has 6 nitrogen and oxygen atoms in total. The van der Waals surface area contributed by atoms with Gasteiger partial charge in [0.05, 0.1) is 5.92 Å². The van der Waals surface area contributed by atoms with Crippen LogP contribution in [0.15, 0.2) is 24.3 Å². The van der Waals surface area contributed by atoms with Crippen molar-refractivity contribution in [3.8, 4) is 0 Å². The van der Waals surface area contributed by atoms with Gasteiger partial charge >= 0.3 is 6.03 Å². The van der Waals surface area contributed by atoms with Crippen LogP contribution in [0.2, 0.25) is 0 Å². The number of hydrogen-bond donors (Lipinski definition) is 3. The molecular weight excluding hydrogens is 359 g/mol. The summed E-state index contributed by atoms with van der Waals surface area (Å²) < 4.78 is 13.1. The van der Waals surface area contributed by atoms with Gasteiger partial charge in [0.25, 0.3) is 0 Å². The number of urea groups is 1. The number of rotatable bonds is 4. The fraction of sp³-hybridized carbons (Fsp3) is 0.556. The van der Waals surface area contributed by atoms with E-state index in [1.807, 2.05) is 4.90 Å². The molecule has 3 amide bonds. The third kappa shape index (κ3) is 5.57. The Kier molecular flexibility index (Phi) is 7.66. The average Bonchev–Trinajstić information content (AvgIpc) is 3.14. The van der Waals surface area contributed by atoms with Crippen molar-refractivity contribution in [2.45, 2.75) is 19.3 Å². The summed E-state index contributed by atoms with van der Waals surface area (Å²) in [6.45, 7) is 3.69. The molecule has 2 aliphatic heterocycles. The Bertz CT molecular complexity index is 625. The molecule has 2 heterocycles. The van der Waals surface area contributed by atoms with Crippen LogP contribution in [0, 0.1) is 17.7 Å². The highest BCUT2D eigenvalue weighted by Crippen LogP contribution is 2.20. The molecular formula is C18H26ClFN4O2. The summed E-state index contributed by atoms with van der Waals surface area (Å²) in [6.07, 6.45) is 2.87. The lowest BCUT2D eigenvalue weighted by Crippen LogP contribution is -2.46. The molecule has 1 aromatic rings. The Hall–Kier alpha value is -1.86. The van der Waals surface area contributed by atoms with Crippen LogP contribution in [0.1, 0.15) is 19.3 Å². The molecule has 2 fully saturated rings. The number of hydrogen-bond acceptors (Lipinski definition) is 3. The monoisotopic (exact) mass is 384 g/mol. The molecule has 144 valence electrons. The summed E-state index contributed by atoms with van der Waals surface area (Å²) >= 11 is 0.